The Labute approximate surface area is 160 Å². The smallest absolute Gasteiger partial charge is 0.242 e. The van der Waals surface area contributed by atoms with Crippen molar-refractivity contribution in [2.75, 3.05) is 36.4 Å². The fourth-order valence-electron chi connectivity index (χ4n) is 3.34. The van der Waals surface area contributed by atoms with Gasteiger partial charge in [-0.15, -0.1) is 5.10 Å². The third-order valence-electron chi connectivity index (χ3n) is 4.98. The molecule has 2 aromatic rings. The van der Waals surface area contributed by atoms with Crippen molar-refractivity contribution in [3.8, 4) is 0 Å². The first-order valence-electron chi connectivity index (χ1n) is 9.59. The zero-order valence-corrected chi connectivity index (χ0v) is 16.6. The largest absolute Gasteiger partial charge is 0.354 e. The Morgan fingerprint density at radius 2 is 1.89 bits per heavy atom. The van der Waals surface area contributed by atoms with Crippen LogP contribution in [0.5, 0.6) is 0 Å². The number of carbonyl (C=O) groups is 1. The number of aryl methyl sites for hydroxylation is 1. The lowest BCUT2D eigenvalue weighted by molar-refractivity contribution is -0.120. The molecule has 1 fully saturated rings. The molecule has 1 atom stereocenters. The average molecular weight is 371 g/mol. The van der Waals surface area contributed by atoms with Crippen molar-refractivity contribution in [1.29, 1.82) is 0 Å². The summed E-state index contributed by atoms with van der Waals surface area (Å²) in [6.45, 7) is 11.4. The summed E-state index contributed by atoms with van der Waals surface area (Å²) < 4.78 is 1.82. The van der Waals surface area contributed by atoms with Gasteiger partial charge in [-0.05, 0) is 46.2 Å². The van der Waals surface area contributed by atoms with E-state index in [4.69, 9.17) is 0 Å². The monoisotopic (exact) mass is 371 g/mol. The van der Waals surface area contributed by atoms with Gasteiger partial charge in [0.05, 0.1) is 17.9 Å². The summed E-state index contributed by atoms with van der Waals surface area (Å²) in [4.78, 5) is 17.2. The molecule has 8 heteroatoms. The number of hydrogen-bond acceptors (Lipinski definition) is 6. The number of anilines is 2. The molecule has 0 radical (unpaired) electrons. The van der Waals surface area contributed by atoms with Gasteiger partial charge in [-0.1, -0.05) is 0 Å². The number of nitrogens with zero attached hydrogens (tertiary/aromatic N) is 6. The van der Waals surface area contributed by atoms with Crippen LogP contribution in [0.2, 0.25) is 0 Å². The Hall–Kier alpha value is -2.48. The summed E-state index contributed by atoms with van der Waals surface area (Å²) in [5.41, 5.74) is 0.918. The van der Waals surface area contributed by atoms with Crippen LogP contribution in [-0.2, 0) is 4.79 Å². The fourth-order valence-corrected chi connectivity index (χ4v) is 3.34. The van der Waals surface area contributed by atoms with E-state index < -0.39 is 0 Å². The maximum absolute atomic E-state index is 12.8. The van der Waals surface area contributed by atoms with Crippen LogP contribution in [0.15, 0.2) is 24.4 Å². The van der Waals surface area contributed by atoms with E-state index in [-0.39, 0.29) is 18.0 Å². The minimum absolute atomic E-state index is 0.000905. The average Bonchev–Trinajstić information content (AvgIpc) is 2.97. The van der Waals surface area contributed by atoms with Crippen LogP contribution in [0.4, 0.5) is 11.6 Å². The lowest BCUT2D eigenvalue weighted by Gasteiger charge is -2.27. The van der Waals surface area contributed by atoms with Gasteiger partial charge in [-0.3, -0.25) is 9.69 Å². The summed E-state index contributed by atoms with van der Waals surface area (Å²) in [5, 5.41) is 15.7. The Balaban J connectivity index is 1.60. The number of carbonyl (C=O) groups excluding carboxylic acids is 1. The fraction of sp³-hybridized carbons (Fsp3) is 0.579. The number of aromatic nitrogens is 4. The van der Waals surface area contributed by atoms with Gasteiger partial charge < -0.3 is 10.2 Å². The molecule has 146 valence electrons. The highest BCUT2D eigenvalue weighted by Crippen LogP contribution is 2.17. The van der Waals surface area contributed by atoms with E-state index in [1.54, 1.807) is 6.20 Å². The van der Waals surface area contributed by atoms with Gasteiger partial charge in [-0.25, -0.2) is 4.68 Å². The highest BCUT2D eigenvalue weighted by Gasteiger charge is 2.25. The standard InChI is InChI=1S/C19H29N7O/c1-14(2)26-17(8-9-20-26)21-19(27)16(4)24-10-5-11-25(13-12-24)18-7-6-15(3)22-23-18/h6-9,14,16H,5,10-13H2,1-4H3,(H,21,27)/t16-/m1/s1. The molecule has 2 aromatic heterocycles. The van der Waals surface area contributed by atoms with Gasteiger partial charge in [0.2, 0.25) is 5.91 Å². The van der Waals surface area contributed by atoms with Crippen LogP contribution in [-0.4, -0.2) is 63.0 Å². The van der Waals surface area contributed by atoms with Crippen LogP contribution in [0.25, 0.3) is 0 Å². The van der Waals surface area contributed by atoms with Gasteiger partial charge in [0, 0.05) is 38.3 Å². The van der Waals surface area contributed by atoms with E-state index in [2.05, 4.69) is 30.4 Å². The molecule has 1 N–H and O–H groups in total. The Bertz CT molecular complexity index is 756. The first-order valence-corrected chi connectivity index (χ1v) is 9.59. The molecule has 1 aliphatic rings. The summed E-state index contributed by atoms with van der Waals surface area (Å²) in [7, 11) is 0. The molecule has 0 saturated carbocycles. The minimum atomic E-state index is -0.204. The lowest BCUT2D eigenvalue weighted by Crippen LogP contribution is -2.44. The number of rotatable bonds is 5. The molecular formula is C19H29N7O. The van der Waals surface area contributed by atoms with Crippen LogP contribution in [0.3, 0.4) is 0 Å². The van der Waals surface area contributed by atoms with Gasteiger partial charge >= 0.3 is 0 Å². The van der Waals surface area contributed by atoms with Crippen molar-refractivity contribution in [2.45, 2.75) is 46.2 Å². The third kappa shape index (κ3) is 4.63. The first kappa shape index (κ1) is 19.3. The van der Waals surface area contributed by atoms with E-state index in [1.807, 2.05) is 50.6 Å². The Morgan fingerprint density at radius 1 is 1.07 bits per heavy atom. The molecule has 0 bridgehead atoms. The van der Waals surface area contributed by atoms with Crippen molar-refractivity contribution in [3.05, 3.63) is 30.1 Å². The molecular weight excluding hydrogens is 342 g/mol. The van der Waals surface area contributed by atoms with Crippen LogP contribution in [0, 0.1) is 6.92 Å². The molecule has 0 unspecified atom stereocenters. The van der Waals surface area contributed by atoms with E-state index in [0.29, 0.717) is 0 Å². The lowest BCUT2D eigenvalue weighted by atomic mass is 10.2. The molecule has 1 amide bonds. The molecule has 0 aromatic carbocycles. The van der Waals surface area contributed by atoms with Crippen LogP contribution in [0.1, 0.15) is 38.9 Å². The molecule has 8 nitrogen and oxygen atoms in total. The van der Waals surface area contributed by atoms with E-state index in [1.165, 1.54) is 0 Å². The maximum Gasteiger partial charge on any atom is 0.242 e. The van der Waals surface area contributed by atoms with Crippen LogP contribution >= 0.6 is 0 Å². The molecule has 3 rings (SSSR count). The van der Waals surface area contributed by atoms with Gasteiger partial charge in [0.15, 0.2) is 5.82 Å². The normalized spacial score (nSPS) is 17.0. The van der Waals surface area contributed by atoms with Gasteiger partial charge in [0.1, 0.15) is 5.82 Å². The number of nitrogens with one attached hydrogen (secondary N) is 1. The molecule has 0 spiro atoms. The van der Waals surface area contributed by atoms with Crippen molar-refractivity contribution < 1.29 is 4.79 Å². The van der Waals surface area contributed by atoms with Gasteiger partial charge in [-0.2, -0.15) is 10.2 Å². The Morgan fingerprint density at radius 3 is 2.59 bits per heavy atom. The molecule has 1 aliphatic heterocycles. The zero-order valence-electron chi connectivity index (χ0n) is 16.6. The van der Waals surface area contributed by atoms with E-state index in [0.717, 1.165) is 49.9 Å². The summed E-state index contributed by atoms with van der Waals surface area (Å²) in [6, 6.07) is 5.84. The summed E-state index contributed by atoms with van der Waals surface area (Å²) in [6.07, 6.45) is 2.70. The van der Waals surface area contributed by atoms with Crippen LogP contribution < -0.4 is 10.2 Å². The molecule has 27 heavy (non-hydrogen) atoms. The quantitative estimate of drug-likeness (QED) is 0.867. The SMILES string of the molecule is Cc1ccc(N2CCCN([C@H](C)C(=O)Nc3ccnn3C(C)C)CC2)nn1. The van der Waals surface area contributed by atoms with Crippen molar-refractivity contribution in [2.24, 2.45) is 0 Å². The second-order valence-electron chi connectivity index (χ2n) is 7.33. The zero-order chi connectivity index (χ0) is 19.4. The number of amides is 1. The second kappa shape index (κ2) is 8.47. The molecule has 3 heterocycles. The topological polar surface area (TPSA) is 79.2 Å². The van der Waals surface area contributed by atoms with Crippen molar-refractivity contribution in [3.63, 3.8) is 0 Å². The molecule has 0 aliphatic carbocycles. The maximum atomic E-state index is 12.8. The van der Waals surface area contributed by atoms with E-state index >= 15 is 0 Å². The first-order chi connectivity index (χ1) is 13.0. The summed E-state index contributed by atoms with van der Waals surface area (Å²) in [5.74, 6) is 1.65. The summed E-state index contributed by atoms with van der Waals surface area (Å²) >= 11 is 0. The predicted molar refractivity (Wildman–Crippen MR) is 106 cm³/mol. The molecule has 1 saturated heterocycles. The highest BCUT2D eigenvalue weighted by molar-refractivity contribution is 5.93. The predicted octanol–water partition coefficient (Wildman–Crippen LogP) is 2.10. The van der Waals surface area contributed by atoms with Crippen molar-refractivity contribution in [1.82, 2.24) is 24.9 Å². The minimum Gasteiger partial charge on any atom is -0.354 e. The van der Waals surface area contributed by atoms with Gasteiger partial charge in [0.25, 0.3) is 0 Å². The number of hydrogen-bond donors (Lipinski definition) is 1. The Kier molecular flexibility index (Phi) is 6.05. The van der Waals surface area contributed by atoms with E-state index in [9.17, 15) is 4.79 Å². The third-order valence-corrected chi connectivity index (χ3v) is 4.98. The second-order valence-corrected chi connectivity index (χ2v) is 7.33. The highest BCUT2D eigenvalue weighted by atomic mass is 16.2. The van der Waals surface area contributed by atoms with Crippen molar-refractivity contribution >= 4 is 17.5 Å².